The van der Waals surface area contributed by atoms with Gasteiger partial charge in [-0.3, -0.25) is 4.98 Å². The van der Waals surface area contributed by atoms with Crippen molar-refractivity contribution in [1.29, 1.82) is 0 Å². The van der Waals surface area contributed by atoms with E-state index in [4.69, 9.17) is 4.42 Å². The summed E-state index contributed by atoms with van der Waals surface area (Å²) in [5.41, 5.74) is 3.15. The Balaban J connectivity index is 1.72. The maximum Gasteiger partial charge on any atom is 0.277 e. The van der Waals surface area contributed by atoms with Gasteiger partial charge in [0.1, 0.15) is 0 Å². The minimum absolute atomic E-state index is 0.539. The standard InChI is InChI=1S/C16H16N4OS/c1-20(2)14-7-3-6-13(9-14)15-18-19-16(21-15)22-11-12-5-4-8-17-10-12/h3-10H,11H2,1-2H3. The largest absolute Gasteiger partial charge is 0.411 e. The number of rotatable bonds is 5. The molecule has 3 rings (SSSR count). The van der Waals surface area contributed by atoms with Crippen LogP contribution >= 0.6 is 11.8 Å². The first-order valence-corrected chi connectivity index (χ1v) is 7.84. The molecule has 112 valence electrons. The highest BCUT2D eigenvalue weighted by Gasteiger charge is 2.10. The Labute approximate surface area is 133 Å². The Kier molecular flexibility index (Phi) is 4.39. The van der Waals surface area contributed by atoms with E-state index >= 15 is 0 Å². The van der Waals surface area contributed by atoms with Crippen molar-refractivity contribution in [1.82, 2.24) is 15.2 Å². The summed E-state index contributed by atoms with van der Waals surface area (Å²) in [6.45, 7) is 0. The lowest BCUT2D eigenvalue weighted by Gasteiger charge is -2.12. The average molecular weight is 312 g/mol. The van der Waals surface area contributed by atoms with E-state index < -0.39 is 0 Å². The fourth-order valence-electron chi connectivity index (χ4n) is 1.93. The first kappa shape index (κ1) is 14.6. The molecule has 0 amide bonds. The molecule has 0 aliphatic rings. The zero-order chi connectivity index (χ0) is 15.4. The molecule has 0 atom stereocenters. The Morgan fingerprint density at radius 3 is 2.82 bits per heavy atom. The van der Waals surface area contributed by atoms with E-state index in [-0.39, 0.29) is 0 Å². The van der Waals surface area contributed by atoms with Crippen LogP contribution in [0.1, 0.15) is 5.56 Å². The fraction of sp³-hybridized carbons (Fsp3) is 0.188. The third kappa shape index (κ3) is 3.46. The van der Waals surface area contributed by atoms with Gasteiger partial charge in [-0.2, -0.15) is 0 Å². The van der Waals surface area contributed by atoms with Crippen molar-refractivity contribution >= 4 is 17.4 Å². The Morgan fingerprint density at radius 2 is 2.05 bits per heavy atom. The number of thioether (sulfide) groups is 1. The van der Waals surface area contributed by atoms with Crippen molar-refractivity contribution in [2.75, 3.05) is 19.0 Å². The summed E-state index contributed by atoms with van der Waals surface area (Å²) < 4.78 is 5.73. The summed E-state index contributed by atoms with van der Waals surface area (Å²) in [6, 6.07) is 12.0. The van der Waals surface area contributed by atoms with Crippen LogP contribution in [0.15, 0.2) is 58.4 Å². The zero-order valence-corrected chi connectivity index (χ0v) is 13.2. The van der Waals surface area contributed by atoms with E-state index in [0.717, 1.165) is 22.6 Å². The predicted octanol–water partition coefficient (Wildman–Crippen LogP) is 3.49. The van der Waals surface area contributed by atoms with Crippen molar-refractivity contribution < 1.29 is 4.42 Å². The first-order chi connectivity index (χ1) is 10.7. The first-order valence-electron chi connectivity index (χ1n) is 6.85. The number of benzene rings is 1. The lowest BCUT2D eigenvalue weighted by molar-refractivity contribution is 0.466. The molecule has 6 heteroatoms. The normalized spacial score (nSPS) is 10.6. The molecule has 0 spiro atoms. The van der Waals surface area contributed by atoms with Gasteiger partial charge in [-0.1, -0.05) is 23.9 Å². The summed E-state index contributed by atoms with van der Waals surface area (Å²) in [6.07, 6.45) is 3.60. The second-order valence-electron chi connectivity index (χ2n) is 4.97. The van der Waals surface area contributed by atoms with Crippen LogP contribution in [-0.2, 0) is 5.75 Å². The molecule has 0 saturated heterocycles. The van der Waals surface area contributed by atoms with Gasteiger partial charge in [-0.25, -0.2) is 0 Å². The Bertz CT molecular complexity index is 743. The van der Waals surface area contributed by atoms with Crippen LogP contribution in [0.4, 0.5) is 5.69 Å². The smallest absolute Gasteiger partial charge is 0.277 e. The SMILES string of the molecule is CN(C)c1cccc(-c2nnc(SCc3cccnc3)o2)c1. The second kappa shape index (κ2) is 6.62. The minimum Gasteiger partial charge on any atom is -0.411 e. The molecule has 2 aromatic heterocycles. The van der Waals surface area contributed by atoms with E-state index in [1.165, 1.54) is 11.8 Å². The lowest BCUT2D eigenvalue weighted by atomic mass is 10.2. The number of pyridine rings is 1. The van der Waals surface area contributed by atoms with Crippen molar-refractivity contribution in [3.05, 3.63) is 54.4 Å². The molecule has 0 saturated carbocycles. The van der Waals surface area contributed by atoms with Crippen LogP contribution in [0.5, 0.6) is 0 Å². The number of aromatic nitrogens is 3. The van der Waals surface area contributed by atoms with Crippen LogP contribution in [0.25, 0.3) is 11.5 Å². The summed E-state index contributed by atoms with van der Waals surface area (Å²) in [7, 11) is 4.00. The molecule has 1 aromatic carbocycles. The number of hydrogen-bond donors (Lipinski definition) is 0. The molecule has 0 aliphatic carbocycles. The van der Waals surface area contributed by atoms with E-state index in [0.29, 0.717) is 11.1 Å². The van der Waals surface area contributed by atoms with E-state index in [1.54, 1.807) is 6.20 Å². The predicted molar refractivity (Wildman–Crippen MR) is 87.9 cm³/mol. The molecule has 0 bridgehead atoms. The highest BCUT2D eigenvalue weighted by atomic mass is 32.2. The quantitative estimate of drug-likeness (QED) is 0.672. The van der Waals surface area contributed by atoms with Crippen LogP contribution in [-0.4, -0.2) is 29.3 Å². The lowest BCUT2D eigenvalue weighted by Crippen LogP contribution is -2.08. The summed E-state index contributed by atoms with van der Waals surface area (Å²) in [5, 5.41) is 8.79. The second-order valence-corrected chi connectivity index (χ2v) is 5.89. The van der Waals surface area contributed by atoms with Crippen molar-refractivity contribution in [3.8, 4) is 11.5 Å². The fourth-order valence-corrected chi connectivity index (χ4v) is 2.63. The van der Waals surface area contributed by atoms with Gasteiger partial charge in [0.2, 0.25) is 5.89 Å². The van der Waals surface area contributed by atoms with Crippen LogP contribution in [0.3, 0.4) is 0 Å². The maximum atomic E-state index is 5.73. The van der Waals surface area contributed by atoms with Gasteiger partial charge in [0, 0.05) is 43.5 Å². The van der Waals surface area contributed by atoms with Gasteiger partial charge in [0.05, 0.1) is 0 Å². The maximum absolute atomic E-state index is 5.73. The Morgan fingerprint density at radius 1 is 1.14 bits per heavy atom. The van der Waals surface area contributed by atoms with Gasteiger partial charge < -0.3 is 9.32 Å². The molecule has 5 nitrogen and oxygen atoms in total. The van der Waals surface area contributed by atoms with Gasteiger partial charge in [0.25, 0.3) is 5.22 Å². The minimum atomic E-state index is 0.539. The Hall–Kier alpha value is -2.34. The molecule has 0 radical (unpaired) electrons. The highest BCUT2D eigenvalue weighted by Crippen LogP contribution is 2.27. The van der Waals surface area contributed by atoms with E-state index in [9.17, 15) is 0 Å². The van der Waals surface area contributed by atoms with Crippen molar-refractivity contribution in [3.63, 3.8) is 0 Å². The van der Waals surface area contributed by atoms with E-state index in [1.807, 2.05) is 61.6 Å². The molecular weight excluding hydrogens is 296 g/mol. The number of anilines is 1. The zero-order valence-electron chi connectivity index (χ0n) is 12.4. The van der Waals surface area contributed by atoms with Crippen molar-refractivity contribution in [2.45, 2.75) is 11.0 Å². The third-order valence-electron chi connectivity index (χ3n) is 3.10. The molecular formula is C16H16N4OS. The molecule has 2 heterocycles. The highest BCUT2D eigenvalue weighted by molar-refractivity contribution is 7.98. The average Bonchev–Trinajstić information content (AvgIpc) is 3.03. The summed E-state index contributed by atoms with van der Waals surface area (Å²) in [4.78, 5) is 6.13. The summed E-state index contributed by atoms with van der Waals surface area (Å²) >= 11 is 1.51. The van der Waals surface area contributed by atoms with Gasteiger partial charge in [-0.05, 0) is 29.8 Å². The molecule has 0 N–H and O–H groups in total. The molecule has 22 heavy (non-hydrogen) atoms. The molecule has 0 unspecified atom stereocenters. The molecule has 3 aromatic rings. The molecule has 0 aliphatic heterocycles. The van der Waals surface area contributed by atoms with Gasteiger partial charge in [0.15, 0.2) is 0 Å². The van der Waals surface area contributed by atoms with Crippen LogP contribution < -0.4 is 4.90 Å². The van der Waals surface area contributed by atoms with E-state index in [2.05, 4.69) is 15.2 Å². The van der Waals surface area contributed by atoms with Crippen LogP contribution in [0, 0.1) is 0 Å². The van der Waals surface area contributed by atoms with Gasteiger partial charge >= 0.3 is 0 Å². The monoisotopic (exact) mass is 312 g/mol. The molecule has 0 fully saturated rings. The number of nitrogens with zero attached hydrogens (tertiary/aromatic N) is 4. The topological polar surface area (TPSA) is 55.1 Å². The summed E-state index contributed by atoms with van der Waals surface area (Å²) in [5.74, 6) is 1.30. The van der Waals surface area contributed by atoms with Crippen molar-refractivity contribution in [2.24, 2.45) is 0 Å². The van der Waals surface area contributed by atoms with Crippen LogP contribution in [0.2, 0.25) is 0 Å². The third-order valence-corrected chi connectivity index (χ3v) is 3.99. The number of hydrogen-bond acceptors (Lipinski definition) is 6. The van der Waals surface area contributed by atoms with Gasteiger partial charge in [-0.15, -0.1) is 10.2 Å².